The molecule has 0 unspecified atom stereocenters. The van der Waals surface area contributed by atoms with Crippen LogP contribution in [-0.2, 0) is 25.9 Å². The Morgan fingerprint density at radius 1 is 1.15 bits per heavy atom. The summed E-state index contributed by atoms with van der Waals surface area (Å²) in [5, 5.41) is 1.20. The van der Waals surface area contributed by atoms with Crippen LogP contribution in [0.3, 0.4) is 0 Å². The highest BCUT2D eigenvalue weighted by atomic mass is 32.2. The van der Waals surface area contributed by atoms with E-state index in [1.54, 1.807) is 32.2 Å². The first-order valence-corrected chi connectivity index (χ1v) is 11.9. The van der Waals surface area contributed by atoms with Crippen molar-refractivity contribution in [2.24, 2.45) is 0 Å². The summed E-state index contributed by atoms with van der Waals surface area (Å²) in [4.78, 5) is 27.9. The number of rotatable bonds is 7. The van der Waals surface area contributed by atoms with E-state index in [1.807, 2.05) is 6.07 Å². The van der Waals surface area contributed by atoms with Crippen LogP contribution < -0.4 is 4.74 Å². The maximum atomic E-state index is 12.6. The quantitative estimate of drug-likeness (QED) is 0.318. The number of sulfone groups is 1. The smallest absolute Gasteiger partial charge is 0.357 e. The Labute approximate surface area is 189 Å². The highest BCUT2D eigenvalue weighted by molar-refractivity contribution is 7.90. The average Bonchev–Trinajstić information content (AvgIpc) is 3.11. The number of methoxy groups -OCH3 is 1. The maximum absolute atomic E-state index is 12.6. The number of carbonyl (C=O) groups excluding carboxylic acids is 1. The number of aromatic amines is 1. The molecule has 10 nitrogen and oxygen atoms in total. The minimum atomic E-state index is -3.58. The summed E-state index contributed by atoms with van der Waals surface area (Å²) in [5.74, 6) is -0.0207. The molecule has 0 saturated carbocycles. The normalized spacial score (nSPS) is 11.9. The molecule has 4 aromatic rings. The Balaban J connectivity index is 1.82. The standard InChI is InChI=1S/C22H22N4O6S/c1-12(2)31-21(27)20-15(11-30-3)19-14-9-13(5-6-16(14)25-17(19)10-24-20)32-18-7-8-23-22(26-18)33(4,28)29/h5-10,12,25H,11H2,1-4H3. The van der Waals surface area contributed by atoms with E-state index >= 15 is 0 Å². The zero-order chi connectivity index (χ0) is 23.8. The van der Waals surface area contributed by atoms with E-state index in [2.05, 4.69) is 19.9 Å². The minimum absolute atomic E-state index is 0.0876. The van der Waals surface area contributed by atoms with Crippen LogP contribution in [0.2, 0.25) is 0 Å². The Hall–Kier alpha value is -3.57. The molecular formula is C22H22N4O6S. The molecule has 0 fully saturated rings. The highest BCUT2D eigenvalue weighted by Crippen LogP contribution is 2.34. The number of ether oxygens (including phenoxy) is 3. The molecule has 172 valence electrons. The van der Waals surface area contributed by atoms with E-state index in [1.165, 1.54) is 19.4 Å². The monoisotopic (exact) mass is 470 g/mol. The number of fused-ring (bicyclic) bond motifs is 3. The first-order valence-electron chi connectivity index (χ1n) is 10.0. The van der Waals surface area contributed by atoms with Crippen molar-refractivity contribution in [1.82, 2.24) is 19.9 Å². The number of carbonyl (C=O) groups is 1. The van der Waals surface area contributed by atoms with Gasteiger partial charge in [0.25, 0.3) is 0 Å². The van der Waals surface area contributed by atoms with Crippen LogP contribution >= 0.6 is 0 Å². The fraction of sp³-hybridized carbons (Fsp3) is 0.273. The zero-order valence-electron chi connectivity index (χ0n) is 18.4. The number of pyridine rings is 1. The Kier molecular flexibility index (Phi) is 6.00. The van der Waals surface area contributed by atoms with Gasteiger partial charge < -0.3 is 19.2 Å². The molecular weight excluding hydrogens is 448 g/mol. The van der Waals surface area contributed by atoms with Crippen LogP contribution in [-0.4, -0.2) is 53.8 Å². The second-order valence-corrected chi connectivity index (χ2v) is 9.55. The van der Waals surface area contributed by atoms with E-state index in [0.717, 1.165) is 28.1 Å². The lowest BCUT2D eigenvalue weighted by atomic mass is 10.1. The number of hydrogen-bond acceptors (Lipinski definition) is 9. The number of H-pyrrole nitrogens is 1. The molecule has 3 heterocycles. The van der Waals surface area contributed by atoms with Crippen LogP contribution in [0.5, 0.6) is 11.6 Å². The topological polar surface area (TPSA) is 133 Å². The van der Waals surface area contributed by atoms with E-state index in [-0.39, 0.29) is 29.4 Å². The predicted molar refractivity (Wildman–Crippen MR) is 120 cm³/mol. The molecule has 0 bridgehead atoms. The van der Waals surface area contributed by atoms with E-state index in [9.17, 15) is 13.2 Å². The van der Waals surface area contributed by atoms with Gasteiger partial charge in [-0.25, -0.2) is 23.2 Å². The summed E-state index contributed by atoms with van der Waals surface area (Å²) in [6.07, 6.45) is 3.63. The number of esters is 1. The maximum Gasteiger partial charge on any atom is 0.357 e. The molecule has 0 amide bonds. The Bertz CT molecular complexity index is 1460. The van der Waals surface area contributed by atoms with Gasteiger partial charge in [-0.1, -0.05) is 0 Å². The van der Waals surface area contributed by atoms with Gasteiger partial charge in [-0.05, 0) is 32.0 Å². The molecule has 3 aromatic heterocycles. The summed E-state index contributed by atoms with van der Waals surface area (Å²) >= 11 is 0. The first-order chi connectivity index (χ1) is 15.7. The number of hydrogen-bond donors (Lipinski definition) is 1. The van der Waals surface area contributed by atoms with Crippen molar-refractivity contribution in [3.05, 3.63) is 47.9 Å². The van der Waals surface area contributed by atoms with Gasteiger partial charge in [0.05, 0.1) is 24.4 Å². The van der Waals surface area contributed by atoms with E-state index < -0.39 is 15.8 Å². The molecule has 0 radical (unpaired) electrons. The number of nitrogens with zero attached hydrogens (tertiary/aromatic N) is 3. The van der Waals surface area contributed by atoms with Crippen LogP contribution in [0, 0.1) is 0 Å². The molecule has 1 N–H and O–H groups in total. The summed E-state index contributed by atoms with van der Waals surface area (Å²) in [7, 11) is -2.04. The number of nitrogens with one attached hydrogen (secondary N) is 1. The van der Waals surface area contributed by atoms with Gasteiger partial charge in [0.1, 0.15) is 5.75 Å². The molecule has 0 saturated heterocycles. The largest absolute Gasteiger partial charge is 0.458 e. The van der Waals surface area contributed by atoms with Crippen molar-refractivity contribution >= 4 is 37.6 Å². The lowest BCUT2D eigenvalue weighted by Crippen LogP contribution is -2.15. The van der Waals surface area contributed by atoms with Crippen LogP contribution in [0.4, 0.5) is 0 Å². The third-order valence-electron chi connectivity index (χ3n) is 4.70. The minimum Gasteiger partial charge on any atom is -0.458 e. The Morgan fingerprint density at radius 3 is 2.64 bits per heavy atom. The van der Waals surface area contributed by atoms with Gasteiger partial charge in [0.2, 0.25) is 20.9 Å². The second-order valence-electron chi connectivity index (χ2n) is 7.65. The second kappa shape index (κ2) is 8.75. The third kappa shape index (κ3) is 4.64. The lowest BCUT2D eigenvalue weighted by Gasteiger charge is -2.12. The molecule has 0 aliphatic rings. The summed E-state index contributed by atoms with van der Waals surface area (Å²) < 4.78 is 40.0. The van der Waals surface area contributed by atoms with Gasteiger partial charge in [-0.2, -0.15) is 4.98 Å². The van der Waals surface area contributed by atoms with Crippen LogP contribution in [0.25, 0.3) is 21.8 Å². The van der Waals surface area contributed by atoms with Crippen molar-refractivity contribution in [2.45, 2.75) is 31.7 Å². The van der Waals surface area contributed by atoms with Gasteiger partial charge >= 0.3 is 5.97 Å². The van der Waals surface area contributed by atoms with Gasteiger partial charge in [0, 0.05) is 47.5 Å². The van der Waals surface area contributed by atoms with Crippen LogP contribution in [0.1, 0.15) is 29.9 Å². The van der Waals surface area contributed by atoms with Crippen LogP contribution in [0.15, 0.2) is 41.8 Å². The van der Waals surface area contributed by atoms with Crippen molar-refractivity contribution in [3.63, 3.8) is 0 Å². The molecule has 0 atom stereocenters. The average molecular weight is 471 g/mol. The third-order valence-corrected chi connectivity index (χ3v) is 5.56. The molecule has 0 aliphatic heterocycles. The summed E-state index contributed by atoms with van der Waals surface area (Å²) in [5.41, 5.74) is 2.28. The van der Waals surface area contributed by atoms with E-state index in [4.69, 9.17) is 14.2 Å². The number of benzene rings is 1. The van der Waals surface area contributed by atoms with Gasteiger partial charge in [-0.3, -0.25) is 0 Å². The fourth-order valence-corrected chi connectivity index (χ4v) is 3.92. The molecule has 0 aliphatic carbocycles. The van der Waals surface area contributed by atoms with Gasteiger partial charge in [-0.15, -0.1) is 0 Å². The molecule has 0 spiro atoms. The fourth-order valence-electron chi connectivity index (χ4n) is 3.41. The highest BCUT2D eigenvalue weighted by Gasteiger charge is 2.21. The lowest BCUT2D eigenvalue weighted by molar-refractivity contribution is 0.0366. The molecule has 33 heavy (non-hydrogen) atoms. The molecule has 4 rings (SSSR count). The summed E-state index contributed by atoms with van der Waals surface area (Å²) in [6, 6.07) is 6.77. The summed E-state index contributed by atoms with van der Waals surface area (Å²) in [6.45, 7) is 3.68. The predicted octanol–water partition coefficient (Wildman–Crippen LogP) is 3.41. The molecule has 1 aromatic carbocycles. The Morgan fingerprint density at radius 2 is 1.94 bits per heavy atom. The SMILES string of the molecule is COCc1c(C(=O)OC(C)C)ncc2[nH]c3ccc(Oc4ccnc(S(C)(=O)=O)n4)cc3c12. The van der Waals surface area contributed by atoms with E-state index in [0.29, 0.717) is 11.3 Å². The number of aromatic nitrogens is 4. The van der Waals surface area contributed by atoms with Gasteiger partial charge in [0.15, 0.2) is 5.69 Å². The van der Waals surface area contributed by atoms with Crippen molar-refractivity contribution in [1.29, 1.82) is 0 Å². The van der Waals surface area contributed by atoms with Crippen molar-refractivity contribution in [3.8, 4) is 11.6 Å². The molecule has 11 heteroatoms. The first kappa shape index (κ1) is 22.6. The van der Waals surface area contributed by atoms with Crippen molar-refractivity contribution in [2.75, 3.05) is 13.4 Å². The zero-order valence-corrected chi connectivity index (χ0v) is 19.3. The van der Waals surface area contributed by atoms with Crippen molar-refractivity contribution < 1.29 is 27.4 Å².